The van der Waals surface area contributed by atoms with Crippen molar-refractivity contribution in [3.05, 3.63) is 28.2 Å². The van der Waals surface area contributed by atoms with Gasteiger partial charge >= 0.3 is 0 Å². The standard InChI is InChI=1S/C16H22N2O/c1-9-10(2)15(18-14(9)8-19)11(3)13-7-16(5,6)12(4)17-13/h8,18H,7H2,1-6H3/b13-11-. The van der Waals surface area contributed by atoms with Crippen LogP contribution in [0.1, 0.15) is 61.4 Å². The first-order valence-electron chi connectivity index (χ1n) is 6.68. The Bertz CT molecular complexity index is 601. The van der Waals surface area contributed by atoms with Crippen LogP contribution in [0.2, 0.25) is 0 Å². The summed E-state index contributed by atoms with van der Waals surface area (Å²) in [7, 11) is 0. The molecule has 0 unspecified atom stereocenters. The minimum atomic E-state index is 0.139. The highest BCUT2D eigenvalue weighted by atomic mass is 16.1. The van der Waals surface area contributed by atoms with Crippen molar-refractivity contribution in [3.63, 3.8) is 0 Å². The maximum atomic E-state index is 11.0. The van der Waals surface area contributed by atoms with Crippen molar-refractivity contribution in [2.24, 2.45) is 10.4 Å². The molecule has 1 aromatic heterocycles. The Hall–Kier alpha value is -1.64. The van der Waals surface area contributed by atoms with E-state index < -0.39 is 0 Å². The van der Waals surface area contributed by atoms with E-state index in [4.69, 9.17) is 4.99 Å². The zero-order chi connectivity index (χ0) is 14.4. The number of nitrogens with zero attached hydrogens (tertiary/aromatic N) is 1. The molecule has 3 heteroatoms. The topological polar surface area (TPSA) is 45.2 Å². The normalized spacial score (nSPS) is 20.4. The first kappa shape index (κ1) is 13.8. The lowest BCUT2D eigenvalue weighted by Gasteiger charge is -2.16. The summed E-state index contributed by atoms with van der Waals surface area (Å²) in [4.78, 5) is 19.0. The zero-order valence-electron chi connectivity index (χ0n) is 12.6. The van der Waals surface area contributed by atoms with Gasteiger partial charge in [-0.25, -0.2) is 0 Å². The summed E-state index contributed by atoms with van der Waals surface area (Å²) < 4.78 is 0. The van der Waals surface area contributed by atoms with Crippen LogP contribution in [0.15, 0.2) is 10.7 Å². The fraction of sp³-hybridized carbons (Fsp3) is 0.500. The molecule has 0 atom stereocenters. The molecule has 0 radical (unpaired) electrons. The van der Waals surface area contributed by atoms with Gasteiger partial charge in [0, 0.05) is 28.9 Å². The minimum absolute atomic E-state index is 0.139. The second-order valence-electron chi connectivity index (χ2n) is 6.11. The van der Waals surface area contributed by atoms with E-state index in [1.165, 1.54) is 5.71 Å². The number of aromatic amines is 1. The lowest BCUT2D eigenvalue weighted by atomic mass is 9.85. The molecule has 2 rings (SSSR count). The third kappa shape index (κ3) is 2.18. The SMILES string of the molecule is CC1=N/C(=C(/C)c2[nH]c(C=O)c(C)c2C)CC1(C)C. The molecule has 0 aliphatic carbocycles. The third-order valence-corrected chi connectivity index (χ3v) is 4.42. The van der Waals surface area contributed by atoms with Gasteiger partial charge in [0.15, 0.2) is 6.29 Å². The Morgan fingerprint density at radius 1 is 1.26 bits per heavy atom. The number of allylic oxidation sites excluding steroid dienone is 2. The van der Waals surface area contributed by atoms with E-state index in [0.29, 0.717) is 5.69 Å². The van der Waals surface area contributed by atoms with Crippen LogP contribution >= 0.6 is 0 Å². The monoisotopic (exact) mass is 258 g/mol. The summed E-state index contributed by atoms with van der Waals surface area (Å²) >= 11 is 0. The molecule has 0 bridgehead atoms. The average molecular weight is 258 g/mol. The highest BCUT2D eigenvalue weighted by Gasteiger charge is 2.30. The van der Waals surface area contributed by atoms with E-state index >= 15 is 0 Å². The molecule has 0 spiro atoms. The van der Waals surface area contributed by atoms with Crippen molar-refractivity contribution < 1.29 is 4.79 Å². The van der Waals surface area contributed by atoms with Crippen LogP contribution in [0, 0.1) is 19.3 Å². The van der Waals surface area contributed by atoms with Crippen LogP contribution < -0.4 is 0 Å². The number of aliphatic imine (C=N–C) groups is 1. The Kier molecular flexibility index (Phi) is 3.25. The summed E-state index contributed by atoms with van der Waals surface area (Å²) in [6, 6.07) is 0. The predicted molar refractivity (Wildman–Crippen MR) is 79.8 cm³/mol. The number of carbonyl (C=O) groups excluding carboxylic acids is 1. The molecule has 19 heavy (non-hydrogen) atoms. The minimum Gasteiger partial charge on any atom is -0.352 e. The molecular formula is C16H22N2O. The second-order valence-corrected chi connectivity index (χ2v) is 6.11. The van der Waals surface area contributed by atoms with E-state index in [9.17, 15) is 4.79 Å². The van der Waals surface area contributed by atoms with Crippen molar-refractivity contribution in [2.75, 3.05) is 0 Å². The first-order valence-corrected chi connectivity index (χ1v) is 6.68. The van der Waals surface area contributed by atoms with Gasteiger partial charge in [-0.15, -0.1) is 0 Å². The number of aromatic nitrogens is 1. The van der Waals surface area contributed by atoms with Crippen molar-refractivity contribution >= 4 is 17.6 Å². The number of aldehydes is 1. The van der Waals surface area contributed by atoms with Crippen molar-refractivity contribution in [3.8, 4) is 0 Å². The van der Waals surface area contributed by atoms with E-state index in [-0.39, 0.29) is 5.41 Å². The molecule has 0 aromatic carbocycles. The van der Waals surface area contributed by atoms with E-state index in [1.807, 2.05) is 6.92 Å². The van der Waals surface area contributed by atoms with Gasteiger partial charge in [-0.3, -0.25) is 9.79 Å². The molecule has 0 saturated carbocycles. The van der Waals surface area contributed by atoms with Crippen LogP contribution in [-0.4, -0.2) is 17.0 Å². The first-order chi connectivity index (χ1) is 8.77. The van der Waals surface area contributed by atoms with Crippen LogP contribution in [0.3, 0.4) is 0 Å². The summed E-state index contributed by atoms with van der Waals surface area (Å²) in [5, 5.41) is 0. The Morgan fingerprint density at radius 2 is 1.89 bits per heavy atom. The number of hydrogen-bond donors (Lipinski definition) is 1. The third-order valence-electron chi connectivity index (χ3n) is 4.42. The van der Waals surface area contributed by atoms with E-state index in [1.54, 1.807) is 0 Å². The van der Waals surface area contributed by atoms with Gasteiger partial charge in [0.25, 0.3) is 0 Å². The van der Waals surface area contributed by atoms with Crippen molar-refractivity contribution in [2.45, 2.75) is 48.0 Å². The molecule has 2 heterocycles. The number of H-pyrrole nitrogens is 1. The average Bonchev–Trinajstić information content (AvgIpc) is 2.78. The molecule has 1 aliphatic heterocycles. The van der Waals surface area contributed by atoms with Gasteiger partial charge < -0.3 is 4.98 Å². The molecular weight excluding hydrogens is 236 g/mol. The Labute approximate surface area is 114 Å². The van der Waals surface area contributed by atoms with Crippen LogP contribution in [0.5, 0.6) is 0 Å². The Balaban J connectivity index is 2.52. The van der Waals surface area contributed by atoms with Crippen LogP contribution in [-0.2, 0) is 0 Å². The fourth-order valence-electron chi connectivity index (χ4n) is 2.51. The fourth-order valence-corrected chi connectivity index (χ4v) is 2.51. The molecule has 102 valence electrons. The van der Waals surface area contributed by atoms with Gasteiger partial charge in [-0.1, -0.05) is 13.8 Å². The molecule has 3 nitrogen and oxygen atoms in total. The van der Waals surface area contributed by atoms with Gasteiger partial charge in [0.1, 0.15) is 0 Å². The van der Waals surface area contributed by atoms with Gasteiger partial charge in [-0.2, -0.15) is 0 Å². The molecule has 1 aromatic rings. The highest BCUT2D eigenvalue weighted by Crippen LogP contribution is 2.38. The lowest BCUT2D eigenvalue weighted by molar-refractivity contribution is 0.111. The maximum Gasteiger partial charge on any atom is 0.166 e. The predicted octanol–water partition coefficient (Wildman–Crippen LogP) is 4.07. The molecule has 0 saturated heterocycles. The second kappa shape index (κ2) is 4.48. The quantitative estimate of drug-likeness (QED) is 0.799. The molecule has 0 fully saturated rings. The van der Waals surface area contributed by atoms with Gasteiger partial charge in [0.2, 0.25) is 0 Å². The molecule has 1 aliphatic rings. The zero-order valence-corrected chi connectivity index (χ0v) is 12.6. The highest BCUT2D eigenvalue weighted by molar-refractivity contribution is 5.92. The van der Waals surface area contributed by atoms with Gasteiger partial charge in [-0.05, 0) is 44.4 Å². The van der Waals surface area contributed by atoms with E-state index in [2.05, 4.69) is 39.6 Å². The molecule has 1 N–H and O–H groups in total. The molecule has 0 amide bonds. The largest absolute Gasteiger partial charge is 0.352 e. The van der Waals surface area contributed by atoms with Crippen molar-refractivity contribution in [1.82, 2.24) is 4.98 Å². The number of rotatable bonds is 2. The summed E-state index contributed by atoms with van der Waals surface area (Å²) in [5.74, 6) is 0. The number of carbonyl (C=O) groups is 1. The maximum absolute atomic E-state index is 11.0. The number of hydrogen-bond acceptors (Lipinski definition) is 2. The van der Waals surface area contributed by atoms with E-state index in [0.717, 1.165) is 40.8 Å². The van der Waals surface area contributed by atoms with Crippen molar-refractivity contribution in [1.29, 1.82) is 0 Å². The summed E-state index contributed by atoms with van der Waals surface area (Å²) in [6.45, 7) is 12.6. The summed E-state index contributed by atoms with van der Waals surface area (Å²) in [5.41, 5.74) is 7.49. The smallest absolute Gasteiger partial charge is 0.166 e. The summed E-state index contributed by atoms with van der Waals surface area (Å²) in [6.07, 6.45) is 1.84. The lowest BCUT2D eigenvalue weighted by Crippen LogP contribution is -2.15. The Morgan fingerprint density at radius 3 is 2.32 bits per heavy atom. The van der Waals surface area contributed by atoms with Crippen LogP contribution in [0.4, 0.5) is 0 Å². The number of nitrogens with one attached hydrogen (secondary N) is 1. The van der Waals surface area contributed by atoms with Gasteiger partial charge in [0.05, 0.1) is 5.69 Å². The van der Waals surface area contributed by atoms with Crippen LogP contribution in [0.25, 0.3) is 5.57 Å².